The van der Waals surface area contributed by atoms with Crippen LogP contribution in [0.2, 0.25) is 13.1 Å². The molecular formula is C12H18Si. The highest BCUT2D eigenvalue weighted by atomic mass is 28.2. The second-order valence-electron chi connectivity index (χ2n) is 2.74. The van der Waals surface area contributed by atoms with Gasteiger partial charge >= 0.3 is 0 Å². The molecule has 0 bridgehead atoms. The van der Waals surface area contributed by atoms with Crippen molar-refractivity contribution in [2.45, 2.75) is 13.1 Å². The highest BCUT2D eigenvalue weighted by molar-refractivity contribution is 6.31. The van der Waals surface area contributed by atoms with Crippen LogP contribution in [0.5, 0.6) is 0 Å². The highest BCUT2D eigenvalue weighted by Crippen LogP contribution is 2.10. The molecule has 1 heteroatoms. The zero-order valence-corrected chi connectivity index (χ0v) is 10.00. The van der Waals surface area contributed by atoms with Gasteiger partial charge < -0.3 is 0 Å². The lowest BCUT2D eigenvalue weighted by molar-refractivity contribution is 1.62. The van der Waals surface area contributed by atoms with Crippen molar-refractivity contribution in [3.8, 4) is 0 Å². The molecule has 70 valence electrons. The van der Waals surface area contributed by atoms with Crippen LogP contribution in [0.4, 0.5) is 0 Å². The molecule has 0 aliphatic carbocycles. The molecular weight excluding hydrogens is 172 g/mol. The predicted molar refractivity (Wildman–Crippen MR) is 66.9 cm³/mol. The van der Waals surface area contributed by atoms with Gasteiger partial charge in [-0.1, -0.05) is 62.7 Å². The summed E-state index contributed by atoms with van der Waals surface area (Å²) in [5, 5.41) is 0. The standard InChI is InChI=1S/C10H10.C2H8Si/c1-3-9-7-5-6-8-10(9)4-2;1-3-2/h3-8H,1-2H2;3H2,1-2H3. The normalized spacial score (nSPS) is 8.15. The lowest BCUT2D eigenvalue weighted by Crippen LogP contribution is -1.76. The third kappa shape index (κ3) is 4.48. The summed E-state index contributed by atoms with van der Waals surface area (Å²) >= 11 is 0. The number of hydrogen-bond acceptors (Lipinski definition) is 0. The van der Waals surface area contributed by atoms with E-state index in [2.05, 4.69) is 26.3 Å². The van der Waals surface area contributed by atoms with E-state index in [1.165, 1.54) is 0 Å². The average molecular weight is 190 g/mol. The van der Waals surface area contributed by atoms with Gasteiger partial charge in [0.25, 0.3) is 0 Å². The SMILES string of the molecule is C=Cc1ccccc1C=C.C[SiH2]C. The van der Waals surface area contributed by atoms with Gasteiger partial charge in [-0.25, -0.2) is 0 Å². The molecule has 0 spiro atoms. The molecule has 13 heavy (non-hydrogen) atoms. The Bertz CT molecular complexity index is 237. The zero-order chi connectivity index (χ0) is 10.1. The molecule has 0 aliphatic heterocycles. The maximum Gasteiger partial charge on any atom is 0.0135 e. The summed E-state index contributed by atoms with van der Waals surface area (Å²) in [7, 11) is 0.417. The number of benzene rings is 1. The van der Waals surface area contributed by atoms with E-state index in [1.807, 2.05) is 36.4 Å². The van der Waals surface area contributed by atoms with Crippen molar-refractivity contribution in [2.24, 2.45) is 0 Å². The Kier molecular flexibility index (Phi) is 6.93. The van der Waals surface area contributed by atoms with Gasteiger partial charge in [0.2, 0.25) is 0 Å². The minimum absolute atomic E-state index is 0.417. The minimum Gasteiger partial charge on any atom is -0.0984 e. The molecule has 0 amide bonds. The van der Waals surface area contributed by atoms with Gasteiger partial charge in [0.05, 0.1) is 0 Å². The molecule has 0 N–H and O–H groups in total. The first-order valence-electron chi connectivity index (χ1n) is 4.64. The number of hydrogen-bond donors (Lipinski definition) is 0. The largest absolute Gasteiger partial charge is 0.0984 e. The van der Waals surface area contributed by atoms with E-state index in [1.54, 1.807) is 0 Å². The average Bonchev–Trinajstić information content (AvgIpc) is 2.19. The van der Waals surface area contributed by atoms with Crippen LogP contribution in [-0.2, 0) is 0 Å². The fourth-order valence-corrected chi connectivity index (χ4v) is 0.883. The Morgan fingerprint density at radius 3 is 1.54 bits per heavy atom. The van der Waals surface area contributed by atoms with Crippen LogP contribution in [0.1, 0.15) is 11.1 Å². The zero-order valence-electron chi connectivity index (χ0n) is 8.59. The van der Waals surface area contributed by atoms with Crippen LogP contribution >= 0.6 is 0 Å². The van der Waals surface area contributed by atoms with Crippen LogP contribution < -0.4 is 0 Å². The lowest BCUT2D eigenvalue weighted by Gasteiger charge is -1.96. The van der Waals surface area contributed by atoms with E-state index in [0.29, 0.717) is 9.52 Å². The summed E-state index contributed by atoms with van der Waals surface area (Å²) in [6.45, 7) is 11.9. The summed E-state index contributed by atoms with van der Waals surface area (Å²) in [5.41, 5.74) is 2.27. The van der Waals surface area contributed by atoms with Crippen molar-refractivity contribution < 1.29 is 0 Å². The first-order chi connectivity index (χ1) is 6.29. The molecule has 0 saturated heterocycles. The number of rotatable bonds is 2. The molecule has 1 aromatic carbocycles. The van der Waals surface area contributed by atoms with Crippen molar-refractivity contribution in [3.05, 3.63) is 48.6 Å². The topological polar surface area (TPSA) is 0 Å². The van der Waals surface area contributed by atoms with Crippen molar-refractivity contribution in [2.75, 3.05) is 0 Å². The van der Waals surface area contributed by atoms with Gasteiger partial charge in [0.1, 0.15) is 0 Å². The first kappa shape index (κ1) is 11.9. The van der Waals surface area contributed by atoms with Crippen LogP contribution in [0.3, 0.4) is 0 Å². The van der Waals surface area contributed by atoms with Crippen LogP contribution in [0, 0.1) is 0 Å². The van der Waals surface area contributed by atoms with Gasteiger partial charge in [-0.2, -0.15) is 0 Å². The second kappa shape index (κ2) is 7.56. The summed E-state index contributed by atoms with van der Waals surface area (Å²) in [5.74, 6) is 0. The first-order valence-corrected chi connectivity index (χ1v) is 7.46. The summed E-state index contributed by atoms with van der Waals surface area (Å²) < 4.78 is 0. The highest BCUT2D eigenvalue weighted by Gasteiger charge is 1.89. The molecule has 0 fully saturated rings. The Balaban J connectivity index is 0.000000424. The van der Waals surface area contributed by atoms with Gasteiger partial charge in [0.15, 0.2) is 0 Å². The Morgan fingerprint density at radius 2 is 1.31 bits per heavy atom. The Hall–Kier alpha value is -1.08. The van der Waals surface area contributed by atoms with Crippen LogP contribution in [0.15, 0.2) is 37.4 Å². The van der Waals surface area contributed by atoms with Crippen LogP contribution in [0.25, 0.3) is 12.2 Å². The fraction of sp³-hybridized carbons (Fsp3) is 0.167. The third-order valence-corrected chi connectivity index (χ3v) is 1.44. The van der Waals surface area contributed by atoms with Crippen LogP contribution in [-0.4, -0.2) is 9.52 Å². The quantitative estimate of drug-likeness (QED) is 0.628. The summed E-state index contributed by atoms with van der Waals surface area (Å²) in [6.07, 6.45) is 3.66. The Labute approximate surface area is 83.8 Å². The fourth-order valence-electron chi connectivity index (χ4n) is 0.883. The van der Waals surface area contributed by atoms with Gasteiger partial charge in [-0.05, 0) is 11.1 Å². The molecule has 0 radical (unpaired) electrons. The van der Waals surface area contributed by atoms with Crippen molar-refractivity contribution >= 4 is 21.7 Å². The van der Waals surface area contributed by atoms with E-state index in [9.17, 15) is 0 Å². The molecule has 0 nitrogen and oxygen atoms in total. The van der Waals surface area contributed by atoms with Crippen molar-refractivity contribution in [3.63, 3.8) is 0 Å². The molecule has 0 unspecified atom stereocenters. The monoisotopic (exact) mass is 190 g/mol. The molecule has 0 aliphatic rings. The molecule has 0 saturated carbocycles. The smallest absolute Gasteiger partial charge is 0.0135 e. The van der Waals surface area contributed by atoms with Gasteiger partial charge in [0, 0.05) is 9.52 Å². The third-order valence-electron chi connectivity index (χ3n) is 1.44. The summed E-state index contributed by atoms with van der Waals surface area (Å²) in [6, 6.07) is 8.02. The summed E-state index contributed by atoms with van der Waals surface area (Å²) in [4.78, 5) is 0. The van der Waals surface area contributed by atoms with Gasteiger partial charge in [-0.3, -0.25) is 0 Å². The van der Waals surface area contributed by atoms with E-state index < -0.39 is 0 Å². The molecule has 1 rings (SSSR count). The Morgan fingerprint density at radius 1 is 1.00 bits per heavy atom. The van der Waals surface area contributed by atoms with E-state index in [-0.39, 0.29) is 0 Å². The minimum atomic E-state index is 0.417. The van der Waals surface area contributed by atoms with Crippen molar-refractivity contribution in [1.82, 2.24) is 0 Å². The predicted octanol–water partition coefficient (Wildman–Crippen LogP) is 3.22. The molecule has 0 aromatic heterocycles. The van der Waals surface area contributed by atoms with E-state index >= 15 is 0 Å². The second-order valence-corrected chi connectivity index (χ2v) is 4.16. The van der Waals surface area contributed by atoms with Crippen molar-refractivity contribution in [1.29, 1.82) is 0 Å². The molecule has 1 aromatic rings. The maximum absolute atomic E-state index is 3.69. The lowest BCUT2D eigenvalue weighted by atomic mass is 10.1. The molecule has 0 atom stereocenters. The molecule has 0 heterocycles. The van der Waals surface area contributed by atoms with Gasteiger partial charge in [-0.15, -0.1) is 0 Å². The van der Waals surface area contributed by atoms with E-state index in [4.69, 9.17) is 0 Å². The maximum atomic E-state index is 3.69. The van der Waals surface area contributed by atoms with E-state index in [0.717, 1.165) is 11.1 Å².